The average Bonchev–Trinajstić information content (AvgIpc) is 2.54. The van der Waals surface area contributed by atoms with Crippen molar-refractivity contribution in [2.24, 2.45) is 0 Å². The van der Waals surface area contributed by atoms with Gasteiger partial charge in [0.1, 0.15) is 0 Å². The summed E-state index contributed by atoms with van der Waals surface area (Å²) in [5.41, 5.74) is 3.42. The van der Waals surface area contributed by atoms with Crippen molar-refractivity contribution in [3.8, 4) is 0 Å². The van der Waals surface area contributed by atoms with Gasteiger partial charge in [-0.1, -0.05) is 0 Å². The van der Waals surface area contributed by atoms with Gasteiger partial charge < -0.3 is 37.2 Å². The third-order valence-corrected chi connectivity index (χ3v) is 4.56. The number of rotatable bonds is 6. The topological polar surface area (TPSA) is 0 Å². The van der Waals surface area contributed by atoms with Gasteiger partial charge in [-0.15, -0.1) is 0 Å². The molecule has 0 N–H and O–H groups in total. The zero-order chi connectivity index (χ0) is 10.4. The first-order chi connectivity index (χ1) is 6.79. The SMILES string of the molecule is CCCCC1=CCC(CCCC)=[C]1[Zr+3].[Cl-].[Cl-].[Cl-]. The van der Waals surface area contributed by atoms with Crippen molar-refractivity contribution < 1.29 is 61.9 Å². The van der Waals surface area contributed by atoms with Crippen LogP contribution < -0.4 is 37.2 Å². The Bertz CT molecular complexity index is 236. The maximum atomic E-state index is 2.48. The molecule has 0 radical (unpaired) electrons. The van der Waals surface area contributed by atoms with Crippen molar-refractivity contribution in [1.82, 2.24) is 0 Å². The summed E-state index contributed by atoms with van der Waals surface area (Å²) in [6.45, 7) is 4.56. The van der Waals surface area contributed by atoms with Gasteiger partial charge in [-0.3, -0.25) is 0 Å². The molecule has 0 saturated heterocycles. The number of unbranched alkanes of at least 4 members (excludes halogenated alkanes) is 2. The molecule has 0 aromatic carbocycles. The third kappa shape index (κ3) is 8.09. The van der Waals surface area contributed by atoms with Crippen molar-refractivity contribution >= 4 is 0 Å². The molecule has 0 bridgehead atoms. The Labute approximate surface area is 140 Å². The van der Waals surface area contributed by atoms with Gasteiger partial charge in [0.2, 0.25) is 0 Å². The largest absolute Gasteiger partial charge is 1.00 e. The summed E-state index contributed by atoms with van der Waals surface area (Å²) in [4.78, 5) is 0. The standard InChI is InChI=1S/C13H21.3ClH.Zr/c1-3-5-7-12-9-10-13(11-12)8-6-4-2;;;;/h9H,3-8,10H2,1-2H3;3*1H;/q;;;;+3/p-3. The van der Waals surface area contributed by atoms with Gasteiger partial charge in [0.25, 0.3) is 0 Å². The Morgan fingerprint density at radius 1 is 1.00 bits per heavy atom. The molecule has 0 fully saturated rings. The van der Waals surface area contributed by atoms with Crippen molar-refractivity contribution in [2.45, 2.75) is 58.8 Å². The Kier molecular flexibility index (Phi) is 18.8. The minimum atomic E-state index is 0. The number of hydrogen-bond acceptors (Lipinski definition) is 0. The summed E-state index contributed by atoms with van der Waals surface area (Å²) in [7, 11) is 0. The Morgan fingerprint density at radius 3 is 2.06 bits per heavy atom. The summed E-state index contributed by atoms with van der Waals surface area (Å²) in [6.07, 6.45) is 11.8. The van der Waals surface area contributed by atoms with E-state index >= 15 is 0 Å². The molecule has 0 aromatic heterocycles. The zero-order valence-corrected chi connectivity index (χ0v) is 15.4. The second-order valence-corrected chi connectivity index (χ2v) is 5.35. The molecule has 0 saturated carbocycles. The Hall–Kier alpha value is 1.23. The van der Waals surface area contributed by atoms with Crippen LogP contribution in [0.5, 0.6) is 0 Å². The van der Waals surface area contributed by atoms with E-state index in [0.29, 0.717) is 0 Å². The van der Waals surface area contributed by atoms with Gasteiger partial charge in [0.15, 0.2) is 0 Å². The maximum Gasteiger partial charge on any atom is -1.00 e. The first kappa shape index (κ1) is 23.3. The molecule has 0 atom stereocenters. The fourth-order valence-corrected chi connectivity index (χ4v) is 3.01. The zero-order valence-electron chi connectivity index (χ0n) is 10.7. The molecule has 98 valence electrons. The molecule has 17 heavy (non-hydrogen) atoms. The van der Waals surface area contributed by atoms with Crippen LogP contribution in [0.4, 0.5) is 0 Å². The number of allylic oxidation sites excluding steroid dienone is 4. The smallest absolute Gasteiger partial charge is 1.00 e. The summed E-state index contributed by atoms with van der Waals surface area (Å²) in [6, 6.07) is 0. The van der Waals surface area contributed by atoms with Crippen LogP contribution in [-0.4, -0.2) is 0 Å². The fourth-order valence-electron chi connectivity index (χ4n) is 1.89. The predicted octanol–water partition coefficient (Wildman–Crippen LogP) is -4.49. The van der Waals surface area contributed by atoms with E-state index < -0.39 is 0 Å². The molecule has 1 aliphatic rings. The van der Waals surface area contributed by atoms with Crippen molar-refractivity contribution in [2.75, 3.05) is 0 Å². The molecule has 4 heteroatoms. The molecular formula is C13H21Cl3Zr. The molecule has 1 rings (SSSR count). The summed E-state index contributed by atoms with van der Waals surface area (Å²) in [5, 5.41) is 0. The van der Waals surface area contributed by atoms with Crippen LogP contribution in [0.1, 0.15) is 58.8 Å². The van der Waals surface area contributed by atoms with Crippen molar-refractivity contribution in [3.63, 3.8) is 0 Å². The predicted molar refractivity (Wildman–Crippen MR) is 58.8 cm³/mol. The number of hydrogen-bond donors (Lipinski definition) is 0. The minimum Gasteiger partial charge on any atom is -1.00 e. The third-order valence-electron chi connectivity index (χ3n) is 2.90. The van der Waals surface area contributed by atoms with Crippen LogP contribution in [0, 0.1) is 0 Å². The van der Waals surface area contributed by atoms with E-state index in [4.69, 9.17) is 0 Å². The Balaban J connectivity index is -0.000000653. The molecule has 0 nitrogen and oxygen atoms in total. The van der Waals surface area contributed by atoms with Gasteiger partial charge >= 0.3 is 104 Å². The van der Waals surface area contributed by atoms with Crippen molar-refractivity contribution in [1.29, 1.82) is 0 Å². The molecular weight excluding hydrogens is 354 g/mol. The van der Waals surface area contributed by atoms with E-state index in [1.165, 1.54) is 44.9 Å². The van der Waals surface area contributed by atoms with Crippen LogP contribution in [-0.2, 0) is 24.7 Å². The molecule has 0 spiro atoms. The summed E-state index contributed by atoms with van der Waals surface area (Å²) >= 11 is 1.64. The quantitative estimate of drug-likeness (QED) is 0.440. The van der Waals surface area contributed by atoms with Crippen molar-refractivity contribution in [3.05, 3.63) is 20.5 Å². The Morgan fingerprint density at radius 2 is 1.53 bits per heavy atom. The summed E-state index contributed by atoms with van der Waals surface area (Å²) in [5.74, 6) is 0. The van der Waals surface area contributed by atoms with Gasteiger partial charge in [-0.25, -0.2) is 0 Å². The number of halogens is 3. The fraction of sp³-hybridized carbons (Fsp3) is 0.692. The molecule has 0 heterocycles. The normalized spacial score (nSPS) is 13.5. The van der Waals surface area contributed by atoms with E-state index in [1.54, 1.807) is 39.1 Å². The first-order valence-electron chi connectivity index (χ1n) is 5.92. The molecule has 0 aromatic rings. The van der Waals surface area contributed by atoms with Gasteiger partial charge in [0.05, 0.1) is 0 Å². The van der Waals surface area contributed by atoms with Crippen LogP contribution >= 0.6 is 0 Å². The van der Waals surface area contributed by atoms with Crippen LogP contribution in [0.3, 0.4) is 0 Å². The van der Waals surface area contributed by atoms with E-state index in [1.807, 2.05) is 0 Å². The molecule has 0 aliphatic heterocycles. The minimum absolute atomic E-state index is 0. The molecule has 0 amide bonds. The van der Waals surface area contributed by atoms with Gasteiger partial charge in [-0.05, 0) is 0 Å². The van der Waals surface area contributed by atoms with Crippen LogP contribution in [0.2, 0.25) is 0 Å². The first-order valence-corrected chi connectivity index (χ1v) is 7.15. The van der Waals surface area contributed by atoms with Crippen LogP contribution in [0.25, 0.3) is 0 Å². The van der Waals surface area contributed by atoms with Gasteiger partial charge in [-0.2, -0.15) is 0 Å². The van der Waals surface area contributed by atoms with Crippen LogP contribution in [0.15, 0.2) is 20.5 Å². The van der Waals surface area contributed by atoms with E-state index in [0.717, 1.165) is 0 Å². The molecule has 0 unspecified atom stereocenters. The summed E-state index contributed by atoms with van der Waals surface area (Å²) < 4.78 is 1.71. The second kappa shape index (κ2) is 13.7. The maximum absolute atomic E-state index is 2.48. The van der Waals surface area contributed by atoms with E-state index in [9.17, 15) is 0 Å². The average molecular weight is 375 g/mol. The van der Waals surface area contributed by atoms with E-state index in [2.05, 4.69) is 19.9 Å². The van der Waals surface area contributed by atoms with E-state index in [-0.39, 0.29) is 37.2 Å². The second-order valence-electron chi connectivity index (χ2n) is 4.12. The molecule has 1 aliphatic carbocycles. The monoisotopic (exact) mass is 372 g/mol. The van der Waals surface area contributed by atoms with Gasteiger partial charge in [0, 0.05) is 0 Å².